The number of halogens is 2. The Balaban J connectivity index is 2.97. The first kappa shape index (κ1) is 8.08. The van der Waals surface area contributed by atoms with Crippen molar-refractivity contribution in [3.63, 3.8) is 0 Å². The molecule has 0 aliphatic heterocycles. The second-order valence-electron chi connectivity index (χ2n) is 2.55. The fourth-order valence-electron chi connectivity index (χ4n) is 1.17. The zero-order chi connectivity index (χ0) is 8.72. The van der Waals surface area contributed by atoms with E-state index in [9.17, 15) is 0 Å². The smallest absolute Gasteiger partial charge is 0.135 e. The van der Waals surface area contributed by atoms with Crippen molar-refractivity contribution in [2.75, 3.05) is 0 Å². The molecule has 0 N–H and O–H groups in total. The van der Waals surface area contributed by atoms with Gasteiger partial charge >= 0.3 is 0 Å². The van der Waals surface area contributed by atoms with Crippen LogP contribution in [0.1, 0.15) is 0 Å². The van der Waals surface area contributed by atoms with Crippen LogP contribution in [-0.2, 0) is 7.05 Å². The molecular formula is C8H6BrClN2. The number of aryl methyl sites for hydroxylation is 1. The van der Waals surface area contributed by atoms with Gasteiger partial charge in [-0.25, -0.2) is 0 Å². The van der Waals surface area contributed by atoms with E-state index in [0.717, 1.165) is 15.4 Å². The van der Waals surface area contributed by atoms with Gasteiger partial charge in [0.25, 0.3) is 0 Å². The third-order valence-corrected chi connectivity index (χ3v) is 2.83. The Kier molecular flexibility index (Phi) is 1.85. The van der Waals surface area contributed by atoms with E-state index in [1.807, 2.05) is 25.2 Å². The highest BCUT2D eigenvalue weighted by molar-refractivity contribution is 9.10. The zero-order valence-electron chi connectivity index (χ0n) is 6.38. The van der Waals surface area contributed by atoms with E-state index >= 15 is 0 Å². The highest BCUT2D eigenvalue weighted by Gasteiger charge is 2.08. The van der Waals surface area contributed by atoms with Crippen LogP contribution < -0.4 is 0 Å². The largest absolute Gasteiger partial charge is 0.256 e. The molecule has 2 rings (SSSR count). The second kappa shape index (κ2) is 2.75. The maximum Gasteiger partial charge on any atom is 0.135 e. The van der Waals surface area contributed by atoms with Crippen molar-refractivity contribution < 1.29 is 0 Å². The molecule has 0 spiro atoms. The van der Waals surface area contributed by atoms with Gasteiger partial charge < -0.3 is 0 Å². The summed E-state index contributed by atoms with van der Waals surface area (Å²) in [4.78, 5) is 0. The molecule has 0 radical (unpaired) electrons. The summed E-state index contributed by atoms with van der Waals surface area (Å²) >= 11 is 9.44. The molecule has 1 aromatic carbocycles. The fraction of sp³-hybridized carbons (Fsp3) is 0.125. The zero-order valence-corrected chi connectivity index (χ0v) is 8.72. The topological polar surface area (TPSA) is 17.8 Å². The van der Waals surface area contributed by atoms with Gasteiger partial charge in [0.2, 0.25) is 0 Å². The second-order valence-corrected chi connectivity index (χ2v) is 3.76. The molecule has 62 valence electrons. The van der Waals surface area contributed by atoms with Gasteiger partial charge in [-0.2, -0.15) is 5.10 Å². The first-order valence-corrected chi connectivity index (χ1v) is 4.64. The van der Waals surface area contributed by atoms with Gasteiger partial charge in [0, 0.05) is 11.5 Å². The summed E-state index contributed by atoms with van der Waals surface area (Å²) in [6.07, 6.45) is 0. The van der Waals surface area contributed by atoms with Gasteiger partial charge in [-0.15, -0.1) is 0 Å². The number of nitrogens with zero attached hydrogens (tertiary/aromatic N) is 2. The van der Waals surface area contributed by atoms with Crippen molar-refractivity contribution in [3.05, 3.63) is 27.8 Å². The minimum Gasteiger partial charge on any atom is -0.256 e. The predicted molar refractivity (Wildman–Crippen MR) is 53.4 cm³/mol. The molecule has 1 heterocycles. The summed E-state index contributed by atoms with van der Waals surface area (Å²) in [5.74, 6) is 0. The maximum atomic E-state index is 6.02. The minimum absolute atomic E-state index is 0.664. The first-order valence-electron chi connectivity index (χ1n) is 3.47. The maximum absolute atomic E-state index is 6.02. The molecule has 0 saturated carbocycles. The lowest BCUT2D eigenvalue weighted by Gasteiger charge is -1.91. The van der Waals surface area contributed by atoms with E-state index in [1.165, 1.54) is 0 Å². The molecular weight excluding hydrogens is 239 g/mol. The molecule has 0 unspecified atom stereocenters. The van der Waals surface area contributed by atoms with Gasteiger partial charge in [0.15, 0.2) is 0 Å². The molecule has 2 aromatic rings. The Bertz CT molecular complexity index is 436. The van der Waals surface area contributed by atoms with Crippen molar-refractivity contribution in [3.8, 4) is 0 Å². The number of hydrogen-bond donors (Lipinski definition) is 0. The highest BCUT2D eigenvalue weighted by Crippen LogP contribution is 2.29. The molecule has 0 atom stereocenters. The Morgan fingerprint density at radius 2 is 2.25 bits per heavy atom. The SMILES string of the molecule is Cn1nc2cccc(Br)c2c1Cl. The lowest BCUT2D eigenvalue weighted by Crippen LogP contribution is -1.87. The summed E-state index contributed by atoms with van der Waals surface area (Å²) in [6.45, 7) is 0. The predicted octanol–water partition coefficient (Wildman–Crippen LogP) is 2.99. The normalized spacial score (nSPS) is 10.9. The standard InChI is InChI=1S/C8H6BrClN2/c1-12-8(10)7-5(9)3-2-4-6(7)11-12/h2-4H,1H3. The minimum atomic E-state index is 0.664. The quantitative estimate of drug-likeness (QED) is 0.698. The molecule has 12 heavy (non-hydrogen) atoms. The molecule has 0 fully saturated rings. The van der Waals surface area contributed by atoms with E-state index in [0.29, 0.717) is 5.15 Å². The number of aromatic nitrogens is 2. The number of hydrogen-bond acceptors (Lipinski definition) is 1. The van der Waals surface area contributed by atoms with Crippen LogP contribution in [0.5, 0.6) is 0 Å². The Labute approximate surface area is 83.3 Å². The average molecular weight is 246 g/mol. The average Bonchev–Trinajstić information content (AvgIpc) is 2.29. The van der Waals surface area contributed by atoms with Gasteiger partial charge in [0.05, 0.1) is 10.9 Å². The van der Waals surface area contributed by atoms with Crippen LogP contribution in [0.4, 0.5) is 0 Å². The van der Waals surface area contributed by atoms with Crippen molar-refractivity contribution in [1.29, 1.82) is 0 Å². The third kappa shape index (κ3) is 1.04. The van der Waals surface area contributed by atoms with Crippen LogP contribution in [-0.4, -0.2) is 9.78 Å². The van der Waals surface area contributed by atoms with Crippen LogP contribution in [0.3, 0.4) is 0 Å². The molecule has 0 bridgehead atoms. The number of fused-ring (bicyclic) bond motifs is 1. The van der Waals surface area contributed by atoms with Crippen molar-refractivity contribution in [2.45, 2.75) is 0 Å². The molecule has 0 amide bonds. The molecule has 2 nitrogen and oxygen atoms in total. The Hall–Kier alpha value is -0.540. The van der Waals surface area contributed by atoms with Crippen molar-refractivity contribution in [2.24, 2.45) is 7.05 Å². The monoisotopic (exact) mass is 244 g/mol. The summed E-state index contributed by atoms with van der Waals surface area (Å²) in [7, 11) is 1.83. The lowest BCUT2D eigenvalue weighted by atomic mass is 10.3. The van der Waals surface area contributed by atoms with E-state index in [4.69, 9.17) is 11.6 Å². The van der Waals surface area contributed by atoms with Crippen LogP contribution in [0.15, 0.2) is 22.7 Å². The van der Waals surface area contributed by atoms with Crippen LogP contribution in [0.25, 0.3) is 10.9 Å². The molecule has 0 saturated heterocycles. The van der Waals surface area contributed by atoms with Crippen molar-refractivity contribution in [1.82, 2.24) is 9.78 Å². The van der Waals surface area contributed by atoms with E-state index < -0.39 is 0 Å². The highest BCUT2D eigenvalue weighted by atomic mass is 79.9. The number of benzene rings is 1. The summed E-state index contributed by atoms with van der Waals surface area (Å²) in [5.41, 5.74) is 0.914. The van der Waals surface area contributed by atoms with Crippen LogP contribution in [0, 0.1) is 0 Å². The molecule has 4 heteroatoms. The molecule has 0 aliphatic rings. The third-order valence-electron chi connectivity index (χ3n) is 1.74. The van der Waals surface area contributed by atoms with Gasteiger partial charge in [-0.05, 0) is 28.1 Å². The van der Waals surface area contributed by atoms with Gasteiger partial charge in [-0.3, -0.25) is 4.68 Å². The Morgan fingerprint density at radius 3 is 2.92 bits per heavy atom. The lowest BCUT2D eigenvalue weighted by molar-refractivity contribution is 0.780. The van der Waals surface area contributed by atoms with E-state index in [2.05, 4.69) is 21.0 Å². The van der Waals surface area contributed by atoms with Crippen LogP contribution in [0.2, 0.25) is 5.15 Å². The van der Waals surface area contributed by atoms with Crippen LogP contribution >= 0.6 is 27.5 Å². The first-order chi connectivity index (χ1) is 5.70. The number of rotatable bonds is 0. The van der Waals surface area contributed by atoms with E-state index in [1.54, 1.807) is 4.68 Å². The summed E-state index contributed by atoms with van der Waals surface area (Å²) < 4.78 is 2.65. The molecule has 0 aliphatic carbocycles. The fourth-order valence-corrected chi connectivity index (χ4v) is 2.06. The Morgan fingerprint density at radius 1 is 1.50 bits per heavy atom. The van der Waals surface area contributed by atoms with E-state index in [-0.39, 0.29) is 0 Å². The summed E-state index contributed by atoms with van der Waals surface area (Å²) in [5, 5.41) is 5.87. The van der Waals surface area contributed by atoms with Gasteiger partial charge in [0.1, 0.15) is 5.15 Å². The van der Waals surface area contributed by atoms with Gasteiger partial charge in [-0.1, -0.05) is 17.7 Å². The molecule has 1 aromatic heterocycles. The van der Waals surface area contributed by atoms with Crippen molar-refractivity contribution >= 4 is 38.4 Å². The summed E-state index contributed by atoms with van der Waals surface area (Å²) in [6, 6.07) is 5.83.